The summed E-state index contributed by atoms with van der Waals surface area (Å²) in [6.07, 6.45) is 1.41. The number of ether oxygens (including phenoxy) is 3. The van der Waals surface area contributed by atoms with Crippen LogP contribution in [0.15, 0.2) is 35.2 Å². The number of hydrogen-bond donors (Lipinski definition) is 1. The molecule has 0 aliphatic carbocycles. The van der Waals surface area contributed by atoms with Gasteiger partial charge in [-0.05, 0) is 33.6 Å². The Morgan fingerprint density at radius 2 is 2.08 bits per heavy atom. The second kappa shape index (κ2) is 6.75. The fourth-order valence-corrected chi connectivity index (χ4v) is 3.56. The van der Waals surface area contributed by atoms with Gasteiger partial charge in [0, 0.05) is 5.70 Å². The van der Waals surface area contributed by atoms with Crippen LogP contribution >= 0.6 is 15.9 Å². The first kappa shape index (κ1) is 17.3. The van der Waals surface area contributed by atoms with Crippen LogP contribution < -0.4 is 14.8 Å². The van der Waals surface area contributed by atoms with E-state index in [2.05, 4.69) is 37.9 Å². The van der Waals surface area contributed by atoms with Gasteiger partial charge in [0.05, 0.1) is 31.8 Å². The molecule has 1 N–H and O–H groups in total. The lowest BCUT2D eigenvalue weighted by Gasteiger charge is -2.33. The zero-order valence-electron chi connectivity index (χ0n) is 13.9. The summed E-state index contributed by atoms with van der Waals surface area (Å²) in [6, 6.07) is 3.16. The minimum Gasteiger partial charge on any atom is -0.493 e. The molecule has 0 bridgehead atoms. The van der Waals surface area contributed by atoms with Gasteiger partial charge in [-0.15, -0.1) is 0 Å². The van der Waals surface area contributed by atoms with Crippen molar-refractivity contribution in [2.24, 2.45) is 5.92 Å². The van der Waals surface area contributed by atoms with Gasteiger partial charge in [-0.25, -0.2) is 4.68 Å². The maximum absolute atomic E-state index is 12.4. The first-order chi connectivity index (χ1) is 12.0. The Morgan fingerprint density at radius 1 is 1.32 bits per heavy atom. The summed E-state index contributed by atoms with van der Waals surface area (Å²) in [6.45, 7) is 3.96. The number of esters is 1. The molecule has 3 rings (SSSR count). The number of nitrogens with one attached hydrogen (secondary N) is 1. The molecule has 2 aromatic rings. The minimum absolute atomic E-state index is 0.422. The largest absolute Gasteiger partial charge is 0.493 e. The molecule has 2 heterocycles. The first-order valence-electron chi connectivity index (χ1n) is 7.36. The van der Waals surface area contributed by atoms with Crippen LogP contribution in [0.2, 0.25) is 0 Å². The van der Waals surface area contributed by atoms with Crippen LogP contribution in [0.3, 0.4) is 0 Å². The van der Waals surface area contributed by atoms with Crippen molar-refractivity contribution < 1.29 is 19.0 Å². The zero-order chi connectivity index (χ0) is 18.1. The van der Waals surface area contributed by atoms with Crippen molar-refractivity contribution in [3.63, 3.8) is 0 Å². The molecule has 9 heteroatoms. The van der Waals surface area contributed by atoms with Gasteiger partial charge in [0.15, 0.2) is 11.5 Å². The molecular formula is C16H17BrN4O4. The van der Waals surface area contributed by atoms with E-state index in [4.69, 9.17) is 14.2 Å². The summed E-state index contributed by atoms with van der Waals surface area (Å²) in [5.74, 6) is 0.494. The van der Waals surface area contributed by atoms with Crippen molar-refractivity contribution in [2.75, 3.05) is 26.6 Å². The molecule has 0 spiro atoms. The van der Waals surface area contributed by atoms with Crippen molar-refractivity contribution in [2.45, 2.75) is 6.04 Å². The number of halogens is 1. The number of hydrogen-bond acceptors (Lipinski definition) is 7. The van der Waals surface area contributed by atoms with E-state index in [0.29, 0.717) is 27.6 Å². The molecule has 2 atom stereocenters. The predicted octanol–water partition coefficient (Wildman–Crippen LogP) is 2.38. The number of benzene rings is 1. The number of fused-ring (bicyclic) bond motifs is 1. The number of rotatable bonds is 4. The number of carbonyl (C=O) groups excluding carboxylic acids is 1. The van der Waals surface area contributed by atoms with E-state index in [-0.39, 0.29) is 0 Å². The third kappa shape index (κ3) is 2.84. The molecule has 132 valence electrons. The number of nitrogens with zero attached hydrogens (tertiary/aromatic N) is 3. The van der Waals surface area contributed by atoms with E-state index in [9.17, 15) is 4.79 Å². The van der Waals surface area contributed by atoms with Gasteiger partial charge in [0.25, 0.3) is 0 Å². The SMILES string of the molecule is C=C1Nc2ncnn2C(c2cc(Br)c(OC)c(OC)c2)C1C(=O)OC. The van der Waals surface area contributed by atoms with E-state index >= 15 is 0 Å². The third-order valence-corrected chi connectivity index (χ3v) is 4.64. The second-order valence-electron chi connectivity index (χ2n) is 5.36. The third-order valence-electron chi connectivity index (χ3n) is 4.05. The summed E-state index contributed by atoms with van der Waals surface area (Å²) in [5.41, 5.74) is 1.26. The number of aromatic nitrogens is 3. The first-order valence-corrected chi connectivity index (χ1v) is 8.15. The van der Waals surface area contributed by atoms with E-state index in [1.807, 2.05) is 6.07 Å². The maximum atomic E-state index is 12.4. The Morgan fingerprint density at radius 3 is 2.72 bits per heavy atom. The van der Waals surface area contributed by atoms with Gasteiger partial charge in [-0.2, -0.15) is 10.1 Å². The molecule has 0 saturated heterocycles. The highest BCUT2D eigenvalue weighted by molar-refractivity contribution is 9.10. The van der Waals surface area contributed by atoms with Gasteiger partial charge in [0.1, 0.15) is 12.2 Å². The molecule has 1 aliphatic heterocycles. The van der Waals surface area contributed by atoms with E-state index in [1.165, 1.54) is 13.4 Å². The van der Waals surface area contributed by atoms with Crippen molar-refractivity contribution in [3.05, 3.63) is 40.8 Å². The number of carbonyl (C=O) groups is 1. The van der Waals surface area contributed by atoms with Crippen molar-refractivity contribution >= 4 is 27.8 Å². The number of methoxy groups -OCH3 is 3. The molecule has 2 unspecified atom stereocenters. The van der Waals surface area contributed by atoms with Crippen molar-refractivity contribution in [3.8, 4) is 11.5 Å². The Labute approximate surface area is 152 Å². The molecule has 1 aromatic carbocycles. The molecule has 0 amide bonds. The summed E-state index contributed by atoms with van der Waals surface area (Å²) < 4.78 is 18.1. The summed E-state index contributed by atoms with van der Waals surface area (Å²) >= 11 is 3.48. The smallest absolute Gasteiger partial charge is 0.317 e. The summed E-state index contributed by atoms with van der Waals surface area (Å²) in [5, 5.41) is 7.25. The molecule has 1 aromatic heterocycles. The van der Waals surface area contributed by atoms with Crippen LogP contribution in [0, 0.1) is 5.92 Å². The van der Waals surface area contributed by atoms with Crippen molar-refractivity contribution in [1.82, 2.24) is 14.8 Å². The average Bonchev–Trinajstić information content (AvgIpc) is 3.06. The van der Waals surface area contributed by atoms with Gasteiger partial charge in [-0.1, -0.05) is 6.58 Å². The standard InChI is InChI=1S/C16H17BrN4O4/c1-8-12(15(22)25-4)13(21-16(20-8)18-7-19-21)9-5-10(17)14(24-3)11(6-9)23-2/h5-7,12-13H,1H2,2-4H3,(H,18,19,20). The molecule has 25 heavy (non-hydrogen) atoms. The molecule has 0 radical (unpaired) electrons. The number of anilines is 1. The highest BCUT2D eigenvalue weighted by atomic mass is 79.9. The summed E-state index contributed by atoms with van der Waals surface area (Å²) in [4.78, 5) is 16.6. The highest BCUT2D eigenvalue weighted by Gasteiger charge is 2.40. The molecule has 8 nitrogen and oxygen atoms in total. The second-order valence-corrected chi connectivity index (χ2v) is 6.22. The molecular weight excluding hydrogens is 392 g/mol. The Bertz CT molecular complexity index is 836. The lowest BCUT2D eigenvalue weighted by atomic mass is 9.89. The highest BCUT2D eigenvalue weighted by Crippen LogP contribution is 2.43. The minimum atomic E-state index is -0.677. The Balaban J connectivity index is 2.20. The maximum Gasteiger partial charge on any atom is 0.317 e. The predicted molar refractivity (Wildman–Crippen MR) is 93.7 cm³/mol. The van der Waals surface area contributed by atoms with Gasteiger partial charge >= 0.3 is 5.97 Å². The van der Waals surface area contributed by atoms with Crippen molar-refractivity contribution in [1.29, 1.82) is 0 Å². The van der Waals surface area contributed by atoms with E-state index < -0.39 is 17.9 Å². The lowest BCUT2D eigenvalue weighted by Crippen LogP contribution is -2.37. The molecule has 0 fully saturated rings. The lowest BCUT2D eigenvalue weighted by molar-refractivity contribution is -0.145. The fraction of sp³-hybridized carbons (Fsp3) is 0.312. The average molecular weight is 409 g/mol. The Kier molecular flexibility index (Phi) is 4.67. The van der Waals surface area contributed by atoms with Gasteiger partial charge < -0.3 is 19.5 Å². The van der Waals surface area contributed by atoms with Crippen LogP contribution in [0.1, 0.15) is 11.6 Å². The van der Waals surface area contributed by atoms with E-state index in [1.54, 1.807) is 25.0 Å². The van der Waals surface area contributed by atoms with Crippen LogP contribution in [0.5, 0.6) is 11.5 Å². The van der Waals surface area contributed by atoms with Gasteiger partial charge in [0.2, 0.25) is 5.95 Å². The van der Waals surface area contributed by atoms with Crippen LogP contribution in [-0.2, 0) is 9.53 Å². The van der Waals surface area contributed by atoms with Gasteiger partial charge in [-0.3, -0.25) is 4.79 Å². The monoisotopic (exact) mass is 408 g/mol. The molecule has 0 saturated carbocycles. The van der Waals surface area contributed by atoms with E-state index in [0.717, 1.165) is 5.56 Å². The topological polar surface area (TPSA) is 87.5 Å². The fourth-order valence-electron chi connectivity index (χ4n) is 2.94. The quantitative estimate of drug-likeness (QED) is 0.776. The molecule has 1 aliphatic rings. The summed E-state index contributed by atoms with van der Waals surface area (Å²) in [7, 11) is 4.45. The van der Waals surface area contributed by atoms with Crippen LogP contribution in [0.4, 0.5) is 5.95 Å². The normalized spacial score (nSPS) is 19.0. The zero-order valence-corrected chi connectivity index (χ0v) is 15.5. The van der Waals surface area contributed by atoms with Crippen LogP contribution in [0.25, 0.3) is 0 Å². The Hall–Kier alpha value is -2.55. The van der Waals surface area contributed by atoms with Crippen LogP contribution in [-0.4, -0.2) is 42.1 Å².